The number of halogens is 2. The number of benzene rings is 2. The van der Waals surface area contributed by atoms with Gasteiger partial charge in [0.2, 0.25) is 15.8 Å². The van der Waals surface area contributed by atoms with Crippen LogP contribution in [0.1, 0.15) is 10.6 Å². The van der Waals surface area contributed by atoms with Crippen LogP contribution in [0.4, 0.5) is 4.39 Å². The van der Waals surface area contributed by atoms with Gasteiger partial charge in [-0.1, -0.05) is 35.0 Å². The third-order valence-electron chi connectivity index (χ3n) is 4.80. The summed E-state index contributed by atoms with van der Waals surface area (Å²) in [6.07, 6.45) is 0. The molecule has 0 unspecified atom stereocenters. The van der Waals surface area contributed by atoms with Crippen LogP contribution in [0.5, 0.6) is 0 Å². The molecule has 1 saturated heterocycles. The average molecular weight is 450 g/mol. The van der Waals surface area contributed by atoms with E-state index in [4.69, 9.17) is 16.1 Å². The van der Waals surface area contributed by atoms with Crippen molar-refractivity contribution in [1.29, 1.82) is 0 Å². The molecule has 0 bridgehead atoms. The van der Waals surface area contributed by atoms with E-state index >= 15 is 0 Å². The first-order valence-electron chi connectivity index (χ1n) is 9.12. The van der Waals surface area contributed by atoms with Gasteiger partial charge in [0.25, 0.3) is 5.91 Å². The summed E-state index contributed by atoms with van der Waals surface area (Å²) in [4.78, 5) is 14.3. The predicted molar refractivity (Wildman–Crippen MR) is 108 cm³/mol. The lowest BCUT2D eigenvalue weighted by atomic mass is 10.1. The molecular weight excluding hydrogens is 433 g/mol. The molecule has 1 aliphatic rings. The smallest absolute Gasteiger partial charge is 0.292 e. The Morgan fingerprint density at radius 3 is 2.47 bits per heavy atom. The maximum absolute atomic E-state index is 13.4. The lowest BCUT2D eigenvalue weighted by Gasteiger charge is -2.33. The molecule has 1 fully saturated rings. The summed E-state index contributed by atoms with van der Waals surface area (Å²) in [5, 5.41) is 4.17. The topological polar surface area (TPSA) is 83.7 Å². The fourth-order valence-corrected chi connectivity index (χ4v) is 4.95. The number of hydrogen-bond acceptors (Lipinski definition) is 5. The van der Waals surface area contributed by atoms with E-state index in [1.807, 2.05) is 0 Å². The molecule has 1 amide bonds. The molecule has 3 aromatic rings. The van der Waals surface area contributed by atoms with Crippen molar-refractivity contribution >= 4 is 27.5 Å². The second-order valence-corrected chi connectivity index (χ2v) is 9.11. The Kier molecular flexibility index (Phi) is 5.59. The third-order valence-corrected chi connectivity index (χ3v) is 6.93. The Bertz CT molecular complexity index is 1190. The maximum Gasteiger partial charge on any atom is 0.292 e. The molecule has 30 heavy (non-hydrogen) atoms. The van der Waals surface area contributed by atoms with Crippen molar-refractivity contribution in [2.24, 2.45) is 0 Å². The van der Waals surface area contributed by atoms with Gasteiger partial charge in [-0.15, -0.1) is 0 Å². The maximum atomic E-state index is 13.4. The largest absolute Gasteiger partial charge is 0.350 e. The summed E-state index contributed by atoms with van der Waals surface area (Å²) in [5.41, 5.74) is 0.843. The molecule has 0 atom stereocenters. The average Bonchev–Trinajstić information content (AvgIpc) is 3.24. The van der Waals surface area contributed by atoms with Gasteiger partial charge in [-0.05, 0) is 30.3 Å². The number of hydrogen-bond donors (Lipinski definition) is 0. The molecule has 0 N–H and O–H groups in total. The molecule has 4 rings (SSSR count). The highest BCUT2D eigenvalue weighted by Gasteiger charge is 2.31. The van der Waals surface area contributed by atoms with Crippen LogP contribution in [0, 0.1) is 5.82 Å². The second kappa shape index (κ2) is 8.17. The summed E-state index contributed by atoms with van der Waals surface area (Å²) in [6, 6.07) is 13.3. The minimum atomic E-state index is -3.69. The number of piperazine rings is 1. The molecule has 7 nitrogen and oxygen atoms in total. The van der Waals surface area contributed by atoms with E-state index in [-0.39, 0.29) is 36.8 Å². The number of rotatable bonds is 4. The first-order chi connectivity index (χ1) is 14.3. The minimum absolute atomic E-state index is 0.0143. The number of sulfonamides is 1. The van der Waals surface area contributed by atoms with Crippen LogP contribution in [0.25, 0.3) is 11.3 Å². The van der Waals surface area contributed by atoms with Gasteiger partial charge in [-0.25, -0.2) is 12.8 Å². The zero-order chi connectivity index (χ0) is 21.3. The van der Waals surface area contributed by atoms with Crippen LogP contribution in [-0.4, -0.2) is 54.9 Å². The van der Waals surface area contributed by atoms with Crippen molar-refractivity contribution in [3.05, 3.63) is 71.2 Å². The summed E-state index contributed by atoms with van der Waals surface area (Å²) in [5.74, 6) is -0.800. The van der Waals surface area contributed by atoms with Crippen LogP contribution >= 0.6 is 11.6 Å². The van der Waals surface area contributed by atoms with Crippen LogP contribution < -0.4 is 0 Å². The Balaban J connectivity index is 1.44. The molecule has 2 heterocycles. The van der Waals surface area contributed by atoms with Crippen molar-refractivity contribution < 1.29 is 22.1 Å². The van der Waals surface area contributed by atoms with Crippen LogP contribution in [-0.2, 0) is 10.0 Å². The summed E-state index contributed by atoms with van der Waals surface area (Å²) in [6.45, 7) is 0.695. The quantitative estimate of drug-likeness (QED) is 0.610. The predicted octanol–water partition coefficient (Wildman–Crippen LogP) is 3.28. The van der Waals surface area contributed by atoms with Crippen molar-refractivity contribution in [3.63, 3.8) is 0 Å². The SMILES string of the molecule is O=C(c1cc(-c2cccc(F)c2)no1)N1CCN(S(=O)(=O)c2cccc(Cl)c2)CC1. The first-order valence-corrected chi connectivity index (χ1v) is 10.9. The lowest BCUT2D eigenvalue weighted by Crippen LogP contribution is -2.50. The van der Waals surface area contributed by atoms with E-state index in [0.717, 1.165) is 0 Å². The van der Waals surface area contributed by atoms with Gasteiger partial charge >= 0.3 is 0 Å². The molecule has 10 heteroatoms. The lowest BCUT2D eigenvalue weighted by molar-refractivity contribution is 0.0656. The normalized spacial score (nSPS) is 15.3. The van der Waals surface area contributed by atoms with Crippen molar-refractivity contribution in [3.8, 4) is 11.3 Å². The Morgan fingerprint density at radius 2 is 1.77 bits per heavy atom. The fraction of sp³-hybridized carbons (Fsp3) is 0.200. The molecule has 1 aromatic heterocycles. The number of carbonyl (C=O) groups excluding carboxylic acids is 1. The Hall–Kier alpha value is -2.75. The van der Waals surface area contributed by atoms with E-state index in [0.29, 0.717) is 16.3 Å². The Morgan fingerprint density at radius 1 is 1.03 bits per heavy atom. The molecular formula is C20H17ClFN3O4S. The number of nitrogens with zero attached hydrogens (tertiary/aromatic N) is 3. The van der Waals surface area contributed by atoms with E-state index < -0.39 is 21.7 Å². The van der Waals surface area contributed by atoms with Crippen molar-refractivity contribution in [1.82, 2.24) is 14.4 Å². The Labute approximate surface area is 177 Å². The summed E-state index contributed by atoms with van der Waals surface area (Å²) < 4.78 is 45.4. The highest BCUT2D eigenvalue weighted by atomic mass is 35.5. The molecule has 1 aliphatic heterocycles. The highest BCUT2D eigenvalue weighted by Crippen LogP contribution is 2.23. The van der Waals surface area contributed by atoms with Gasteiger partial charge in [-0.2, -0.15) is 4.31 Å². The van der Waals surface area contributed by atoms with E-state index in [1.165, 1.54) is 39.5 Å². The molecule has 0 radical (unpaired) electrons. The van der Waals surface area contributed by atoms with E-state index in [2.05, 4.69) is 5.16 Å². The van der Waals surface area contributed by atoms with E-state index in [9.17, 15) is 17.6 Å². The zero-order valence-corrected chi connectivity index (χ0v) is 17.2. The summed E-state index contributed by atoms with van der Waals surface area (Å²) >= 11 is 5.90. The number of aromatic nitrogens is 1. The van der Waals surface area contributed by atoms with Crippen LogP contribution in [0.3, 0.4) is 0 Å². The van der Waals surface area contributed by atoms with Gasteiger partial charge in [0.05, 0.1) is 4.90 Å². The summed E-state index contributed by atoms with van der Waals surface area (Å²) in [7, 11) is -3.69. The van der Waals surface area contributed by atoms with Crippen LogP contribution in [0.2, 0.25) is 5.02 Å². The van der Waals surface area contributed by atoms with Crippen LogP contribution in [0.15, 0.2) is 64.0 Å². The number of carbonyl (C=O) groups is 1. The molecule has 2 aromatic carbocycles. The molecule has 0 spiro atoms. The zero-order valence-electron chi connectivity index (χ0n) is 15.7. The second-order valence-electron chi connectivity index (χ2n) is 6.74. The molecule has 0 saturated carbocycles. The number of amides is 1. The third kappa shape index (κ3) is 4.09. The van der Waals surface area contributed by atoms with Gasteiger partial charge in [-0.3, -0.25) is 4.79 Å². The first kappa shape index (κ1) is 20.5. The molecule has 156 valence electrons. The monoisotopic (exact) mass is 449 g/mol. The van der Waals surface area contributed by atoms with Crippen molar-refractivity contribution in [2.75, 3.05) is 26.2 Å². The standard InChI is InChI=1S/C20H17ClFN3O4S/c21-15-4-2-6-17(12-15)30(27,28)25-9-7-24(8-10-25)20(26)19-13-18(23-29-19)14-3-1-5-16(22)11-14/h1-6,11-13H,7-10H2. The van der Waals surface area contributed by atoms with Gasteiger partial charge in [0.15, 0.2) is 0 Å². The van der Waals surface area contributed by atoms with Gasteiger partial charge in [0, 0.05) is 42.8 Å². The fourth-order valence-electron chi connectivity index (χ4n) is 3.22. The van der Waals surface area contributed by atoms with E-state index in [1.54, 1.807) is 24.3 Å². The van der Waals surface area contributed by atoms with Crippen molar-refractivity contribution in [2.45, 2.75) is 4.90 Å². The molecule has 0 aliphatic carbocycles. The minimum Gasteiger partial charge on any atom is -0.350 e. The van der Waals surface area contributed by atoms with Gasteiger partial charge in [0.1, 0.15) is 11.5 Å². The highest BCUT2D eigenvalue weighted by molar-refractivity contribution is 7.89. The van der Waals surface area contributed by atoms with Gasteiger partial charge < -0.3 is 9.42 Å².